The molecule has 3 N–H and O–H groups in total. The van der Waals surface area contributed by atoms with Gasteiger partial charge in [-0.3, -0.25) is 4.79 Å². The number of nitrogens with one attached hydrogen (secondary N) is 1. The van der Waals surface area contributed by atoms with E-state index < -0.39 is 9.84 Å². The molecule has 0 unspecified atom stereocenters. The van der Waals surface area contributed by atoms with Gasteiger partial charge in [-0.15, -0.1) is 0 Å². The van der Waals surface area contributed by atoms with Crippen molar-refractivity contribution in [3.8, 4) is 0 Å². The highest BCUT2D eigenvalue weighted by Gasteiger charge is 2.22. The monoisotopic (exact) mass is 478 g/mol. The average molecular weight is 479 g/mol. The molecule has 0 radical (unpaired) electrons. The molecule has 144 valence electrons. The Bertz CT molecular complexity index is 1090. The van der Waals surface area contributed by atoms with Crippen molar-refractivity contribution in [3.05, 3.63) is 65.3 Å². The van der Waals surface area contributed by atoms with Gasteiger partial charge in [-0.2, -0.15) is 0 Å². The summed E-state index contributed by atoms with van der Waals surface area (Å²) >= 11 is 4.39. The maximum absolute atomic E-state index is 12.6. The normalized spacial score (nSPS) is 11.2. The number of thioether (sulfide) groups is 1. The van der Waals surface area contributed by atoms with Gasteiger partial charge in [0.25, 0.3) is 0 Å². The van der Waals surface area contributed by atoms with Crippen molar-refractivity contribution < 1.29 is 13.2 Å². The molecule has 3 aromatic rings. The molecule has 0 bridgehead atoms. The lowest BCUT2D eigenvalue weighted by Crippen LogP contribution is -2.14. The molecule has 0 spiro atoms. The molecule has 0 aliphatic heterocycles. The molecule has 7 nitrogen and oxygen atoms in total. The van der Waals surface area contributed by atoms with Crippen molar-refractivity contribution >= 4 is 54.9 Å². The summed E-state index contributed by atoms with van der Waals surface area (Å²) in [5, 5.41) is 2.97. The largest absolute Gasteiger partial charge is 0.382 e. The quantitative estimate of drug-likeness (QED) is 0.411. The molecule has 0 saturated carbocycles. The van der Waals surface area contributed by atoms with E-state index in [2.05, 4.69) is 31.2 Å². The van der Waals surface area contributed by atoms with Gasteiger partial charge in [0.15, 0.2) is 5.16 Å². The summed E-state index contributed by atoms with van der Waals surface area (Å²) in [6.07, 6.45) is 1.17. The first-order chi connectivity index (χ1) is 13.4. The standard InChI is InChI=1S/C18H15BrN4O3S2/c19-12-6-8-13(9-7-12)22-16(24)11-27-18-21-10-15(17(20)23-18)28(25,26)14-4-2-1-3-5-14/h1-10H,11H2,(H,22,24)(H2,20,21,23). The molecule has 10 heteroatoms. The van der Waals surface area contributed by atoms with Crippen LogP contribution in [0, 0.1) is 0 Å². The maximum Gasteiger partial charge on any atom is 0.234 e. The van der Waals surface area contributed by atoms with Gasteiger partial charge < -0.3 is 11.1 Å². The Kier molecular flexibility index (Phi) is 6.32. The highest BCUT2D eigenvalue weighted by atomic mass is 79.9. The number of hydrogen-bond acceptors (Lipinski definition) is 7. The third kappa shape index (κ3) is 4.89. The third-order valence-corrected chi connectivity index (χ3v) is 6.74. The number of amides is 1. The van der Waals surface area contributed by atoms with E-state index in [4.69, 9.17) is 5.73 Å². The van der Waals surface area contributed by atoms with Gasteiger partial charge in [-0.05, 0) is 36.4 Å². The summed E-state index contributed by atoms with van der Waals surface area (Å²) in [4.78, 5) is 20.0. The minimum absolute atomic E-state index is 0.0558. The predicted molar refractivity (Wildman–Crippen MR) is 112 cm³/mol. The zero-order valence-electron chi connectivity index (χ0n) is 14.4. The highest BCUT2D eigenvalue weighted by molar-refractivity contribution is 9.10. The molecule has 1 heterocycles. The maximum atomic E-state index is 12.6. The van der Waals surface area contributed by atoms with Crippen molar-refractivity contribution in [2.45, 2.75) is 14.9 Å². The molecule has 0 fully saturated rings. The second-order valence-electron chi connectivity index (χ2n) is 5.56. The van der Waals surface area contributed by atoms with Crippen molar-refractivity contribution in [3.63, 3.8) is 0 Å². The molecule has 0 aliphatic rings. The van der Waals surface area contributed by atoms with Gasteiger partial charge in [0.05, 0.1) is 16.8 Å². The van der Waals surface area contributed by atoms with Crippen LogP contribution in [0.25, 0.3) is 0 Å². The number of aromatic nitrogens is 2. The summed E-state index contributed by atoms with van der Waals surface area (Å²) in [6, 6.07) is 15.1. The van der Waals surface area contributed by atoms with Crippen LogP contribution in [0.4, 0.5) is 11.5 Å². The van der Waals surface area contributed by atoms with Crippen molar-refractivity contribution in [2.24, 2.45) is 0 Å². The molecule has 1 aromatic heterocycles. The molecule has 0 aliphatic carbocycles. The molecular formula is C18H15BrN4O3S2. The second kappa shape index (κ2) is 8.72. The van der Waals surface area contributed by atoms with Crippen LogP contribution >= 0.6 is 27.7 Å². The Balaban J connectivity index is 1.67. The van der Waals surface area contributed by atoms with Crippen LogP contribution in [-0.4, -0.2) is 30.0 Å². The van der Waals surface area contributed by atoms with Crippen LogP contribution in [0.3, 0.4) is 0 Å². The minimum Gasteiger partial charge on any atom is -0.382 e. The van der Waals surface area contributed by atoms with Gasteiger partial charge in [0.1, 0.15) is 10.7 Å². The fraction of sp³-hybridized carbons (Fsp3) is 0.0556. The number of benzene rings is 2. The summed E-state index contributed by atoms with van der Waals surface area (Å²) in [5.41, 5.74) is 6.51. The third-order valence-electron chi connectivity index (χ3n) is 3.56. The molecule has 2 aromatic carbocycles. The Morgan fingerprint density at radius 1 is 1.11 bits per heavy atom. The number of carbonyl (C=O) groups excluding carboxylic acids is 1. The van der Waals surface area contributed by atoms with Gasteiger partial charge in [0, 0.05) is 10.2 Å². The Hall–Kier alpha value is -2.43. The molecular weight excluding hydrogens is 464 g/mol. The van der Waals surface area contributed by atoms with E-state index in [-0.39, 0.29) is 32.4 Å². The summed E-state index contributed by atoms with van der Waals surface area (Å²) in [6.45, 7) is 0. The van der Waals surface area contributed by atoms with Gasteiger partial charge in [-0.1, -0.05) is 45.9 Å². The zero-order chi connectivity index (χ0) is 20.1. The van der Waals surface area contributed by atoms with E-state index in [0.29, 0.717) is 5.69 Å². The van der Waals surface area contributed by atoms with Crippen molar-refractivity contribution in [2.75, 3.05) is 16.8 Å². The Labute approximate surface area is 174 Å². The lowest BCUT2D eigenvalue weighted by molar-refractivity contribution is -0.113. The summed E-state index contributed by atoms with van der Waals surface area (Å²) < 4.78 is 26.2. The lowest BCUT2D eigenvalue weighted by Gasteiger charge is -2.08. The van der Waals surface area contributed by atoms with Gasteiger partial charge in [0.2, 0.25) is 15.7 Å². The van der Waals surface area contributed by atoms with Crippen LogP contribution in [0.2, 0.25) is 0 Å². The van der Waals surface area contributed by atoms with E-state index in [1.165, 1.54) is 18.3 Å². The Morgan fingerprint density at radius 2 is 1.79 bits per heavy atom. The summed E-state index contributed by atoms with van der Waals surface area (Å²) in [7, 11) is -3.80. The highest BCUT2D eigenvalue weighted by Crippen LogP contribution is 2.25. The van der Waals surface area contributed by atoms with E-state index >= 15 is 0 Å². The molecule has 28 heavy (non-hydrogen) atoms. The zero-order valence-corrected chi connectivity index (χ0v) is 17.6. The first kappa shape index (κ1) is 20.3. The van der Waals surface area contributed by atoms with Crippen LogP contribution in [0.1, 0.15) is 0 Å². The first-order valence-corrected chi connectivity index (χ1v) is 11.2. The fourth-order valence-corrected chi connectivity index (χ4v) is 4.40. The SMILES string of the molecule is Nc1nc(SCC(=O)Nc2ccc(Br)cc2)ncc1S(=O)(=O)c1ccccc1. The second-order valence-corrected chi connectivity index (χ2v) is 9.34. The number of anilines is 2. The van der Waals surface area contributed by atoms with Crippen LogP contribution < -0.4 is 11.1 Å². The van der Waals surface area contributed by atoms with E-state index in [0.717, 1.165) is 16.2 Å². The van der Waals surface area contributed by atoms with E-state index in [1.807, 2.05) is 12.1 Å². The fourth-order valence-electron chi connectivity index (χ4n) is 2.23. The smallest absolute Gasteiger partial charge is 0.234 e. The number of sulfone groups is 1. The van der Waals surface area contributed by atoms with Crippen molar-refractivity contribution in [1.29, 1.82) is 0 Å². The van der Waals surface area contributed by atoms with Gasteiger partial charge >= 0.3 is 0 Å². The van der Waals surface area contributed by atoms with Crippen LogP contribution in [0.15, 0.2) is 80.2 Å². The van der Waals surface area contributed by atoms with Crippen molar-refractivity contribution in [1.82, 2.24) is 9.97 Å². The predicted octanol–water partition coefficient (Wildman–Crippen LogP) is 3.38. The molecule has 0 atom stereocenters. The molecule has 0 saturated heterocycles. The van der Waals surface area contributed by atoms with Crippen LogP contribution in [-0.2, 0) is 14.6 Å². The number of nitrogens with zero attached hydrogens (tertiary/aromatic N) is 2. The number of hydrogen-bond donors (Lipinski definition) is 2. The minimum atomic E-state index is -3.80. The topological polar surface area (TPSA) is 115 Å². The van der Waals surface area contributed by atoms with E-state index in [9.17, 15) is 13.2 Å². The lowest BCUT2D eigenvalue weighted by atomic mass is 10.3. The number of halogens is 1. The number of carbonyl (C=O) groups is 1. The number of nitrogen functional groups attached to an aromatic ring is 1. The van der Waals surface area contributed by atoms with Gasteiger partial charge in [-0.25, -0.2) is 18.4 Å². The number of nitrogens with two attached hydrogens (primary N) is 1. The molecule has 1 amide bonds. The summed E-state index contributed by atoms with van der Waals surface area (Å²) in [5.74, 6) is -0.342. The first-order valence-electron chi connectivity index (χ1n) is 7.97. The molecule has 3 rings (SSSR count). The number of rotatable bonds is 6. The van der Waals surface area contributed by atoms with Crippen LogP contribution in [0.5, 0.6) is 0 Å². The van der Waals surface area contributed by atoms with E-state index in [1.54, 1.807) is 30.3 Å². The average Bonchev–Trinajstić information content (AvgIpc) is 2.69. The Morgan fingerprint density at radius 3 is 2.43 bits per heavy atom.